The molecule has 26 heavy (non-hydrogen) atoms. The molecule has 1 aliphatic heterocycles. The van der Waals surface area contributed by atoms with Crippen LogP contribution in [-0.4, -0.2) is 60.2 Å². The molecule has 0 saturated carbocycles. The second-order valence-corrected chi connectivity index (χ2v) is 8.41. The van der Waals surface area contributed by atoms with Crippen LogP contribution in [0, 0.1) is 0 Å². The number of methoxy groups -OCH3 is 1. The van der Waals surface area contributed by atoms with Gasteiger partial charge in [0.15, 0.2) is 0 Å². The second-order valence-electron chi connectivity index (χ2n) is 7.55. The van der Waals surface area contributed by atoms with E-state index in [-0.39, 0.29) is 18.1 Å². The number of hydrogen-bond donors (Lipinski definition) is 0. The fourth-order valence-electron chi connectivity index (χ4n) is 2.89. The lowest BCUT2D eigenvalue weighted by Gasteiger charge is -2.40. The summed E-state index contributed by atoms with van der Waals surface area (Å²) in [6.45, 7) is 10.5. The number of carbonyl (C=O) groups is 2. The van der Waals surface area contributed by atoms with Crippen LogP contribution in [0.1, 0.15) is 43.6 Å². The first-order valence-electron chi connectivity index (χ1n) is 8.69. The summed E-state index contributed by atoms with van der Waals surface area (Å²) < 4.78 is 10.9. The summed E-state index contributed by atoms with van der Waals surface area (Å²) in [6, 6.07) is 5.87. The largest absolute Gasteiger partial charge is 0.465 e. The Balaban J connectivity index is 1.97. The summed E-state index contributed by atoms with van der Waals surface area (Å²) in [7, 11) is 1.37. The lowest BCUT2D eigenvalue weighted by molar-refractivity contribution is 0.00460. The Labute approximate surface area is 163 Å². The molecule has 0 radical (unpaired) electrons. The highest BCUT2D eigenvalue weighted by Crippen LogP contribution is 2.22. The van der Waals surface area contributed by atoms with Crippen LogP contribution in [0.15, 0.2) is 22.7 Å². The van der Waals surface area contributed by atoms with Crippen molar-refractivity contribution in [2.24, 2.45) is 0 Å². The molecule has 0 aliphatic carbocycles. The van der Waals surface area contributed by atoms with Gasteiger partial charge in [-0.1, -0.05) is 6.07 Å². The molecule has 6 nitrogen and oxygen atoms in total. The zero-order valence-corrected chi connectivity index (χ0v) is 17.6. The first kappa shape index (κ1) is 20.7. The third-order valence-corrected chi connectivity index (χ3v) is 4.90. The van der Waals surface area contributed by atoms with Crippen molar-refractivity contribution in [3.05, 3.63) is 33.8 Å². The number of ether oxygens (including phenoxy) is 2. The van der Waals surface area contributed by atoms with Gasteiger partial charge in [-0.15, -0.1) is 0 Å². The molecule has 0 unspecified atom stereocenters. The third-order valence-electron chi connectivity index (χ3n) is 4.24. The molecule has 0 spiro atoms. The fourth-order valence-corrected chi connectivity index (χ4v) is 3.48. The van der Waals surface area contributed by atoms with E-state index in [4.69, 9.17) is 9.47 Å². The number of halogens is 1. The van der Waals surface area contributed by atoms with Crippen molar-refractivity contribution in [2.45, 2.75) is 45.9 Å². The van der Waals surface area contributed by atoms with Crippen LogP contribution in [-0.2, 0) is 16.0 Å². The summed E-state index contributed by atoms with van der Waals surface area (Å²) in [4.78, 5) is 28.0. The maximum absolute atomic E-state index is 12.2. The number of amides is 1. The van der Waals surface area contributed by atoms with Crippen LogP contribution in [0.4, 0.5) is 4.79 Å². The lowest BCUT2D eigenvalue weighted by Crippen LogP contribution is -2.54. The van der Waals surface area contributed by atoms with E-state index in [0.29, 0.717) is 18.7 Å². The van der Waals surface area contributed by atoms with E-state index in [1.54, 1.807) is 11.0 Å². The predicted molar refractivity (Wildman–Crippen MR) is 103 cm³/mol. The van der Waals surface area contributed by atoms with Crippen LogP contribution in [0.25, 0.3) is 0 Å². The van der Waals surface area contributed by atoms with Gasteiger partial charge in [-0.05, 0) is 61.3 Å². The Kier molecular flexibility index (Phi) is 6.69. The monoisotopic (exact) mass is 426 g/mol. The van der Waals surface area contributed by atoms with Crippen molar-refractivity contribution in [1.82, 2.24) is 9.80 Å². The molecule has 1 aromatic rings. The van der Waals surface area contributed by atoms with E-state index in [2.05, 4.69) is 27.8 Å². The number of hydrogen-bond acceptors (Lipinski definition) is 5. The van der Waals surface area contributed by atoms with Gasteiger partial charge >= 0.3 is 12.1 Å². The summed E-state index contributed by atoms with van der Waals surface area (Å²) in [5.41, 5.74) is 1.13. The third kappa shape index (κ3) is 5.45. The summed E-state index contributed by atoms with van der Waals surface area (Å²) in [6.07, 6.45) is -0.255. The van der Waals surface area contributed by atoms with Crippen LogP contribution >= 0.6 is 15.9 Å². The molecule has 0 N–H and O–H groups in total. The highest BCUT2D eigenvalue weighted by Gasteiger charge is 2.29. The average Bonchev–Trinajstić information content (AvgIpc) is 2.54. The average molecular weight is 427 g/mol. The minimum Gasteiger partial charge on any atom is -0.465 e. The van der Waals surface area contributed by atoms with Gasteiger partial charge in [0.05, 0.1) is 12.7 Å². The van der Waals surface area contributed by atoms with Crippen molar-refractivity contribution in [3.63, 3.8) is 0 Å². The Morgan fingerprint density at radius 2 is 1.96 bits per heavy atom. The predicted octanol–water partition coefficient (Wildman–Crippen LogP) is 3.68. The number of carbonyl (C=O) groups excluding carboxylic acids is 2. The molecule has 144 valence electrons. The van der Waals surface area contributed by atoms with Crippen molar-refractivity contribution in [1.29, 1.82) is 0 Å². The van der Waals surface area contributed by atoms with Gasteiger partial charge in [0.25, 0.3) is 0 Å². The van der Waals surface area contributed by atoms with E-state index in [1.165, 1.54) is 7.11 Å². The van der Waals surface area contributed by atoms with Gasteiger partial charge in [0, 0.05) is 36.7 Å². The number of benzene rings is 1. The summed E-state index contributed by atoms with van der Waals surface area (Å²) in [5, 5.41) is 0. The van der Waals surface area contributed by atoms with Gasteiger partial charge in [-0.25, -0.2) is 9.59 Å². The quantitative estimate of drug-likeness (QED) is 0.689. The molecule has 1 fully saturated rings. The summed E-state index contributed by atoms with van der Waals surface area (Å²) in [5.74, 6) is -0.359. The van der Waals surface area contributed by atoms with Gasteiger partial charge in [0.1, 0.15) is 5.60 Å². The van der Waals surface area contributed by atoms with Crippen molar-refractivity contribution < 1.29 is 19.1 Å². The highest BCUT2D eigenvalue weighted by molar-refractivity contribution is 9.10. The van der Waals surface area contributed by atoms with E-state index < -0.39 is 5.60 Å². The molecule has 7 heteroatoms. The molecule has 0 bridgehead atoms. The van der Waals surface area contributed by atoms with Crippen molar-refractivity contribution in [3.8, 4) is 0 Å². The van der Waals surface area contributed by atoms with Crippen molar-refractivity contribution >= 4 is 28.0 Å². The van der Waals surface area contributed by atoms with E-state index in [9.17, 15) is 9.59 Å². The highest BCUT2D eigenvalue weighted by atomic mass is 79.9. The van der Waals surface area contributed by atoms with Crippen LogP contribution in [0.3, 0.4) is 0 Å². The van der Waals surface area contributed by atoms with Gasteiger partial charge < -0.3 is 14.4 Å². The van der Waals surface area contributed by atoms with Gasteiger partial charge in [-0.3, -0.25) is 4.90 Å². The van der Waals surface area contributed by atoms with Crippen LogP contribution in [0.5, 0.6) is 0 Å². The number of nitrogens with zero attached hydrogens (tertiary/aromatic N) is 2. The Morgan fingerprint density at radius 1 is 1.27 bits per heavy atom. The zero-order chi connectivity index (χ0) is 19.5. The van der Waals surface area contributed by atoms with E-state index >= 15 is 0 Å². The molecular formula is C19H27BrN2O4. The molecule has 0 aromatic heterocycles. The molecule has 1 aliphatic rings. The van der Waals surface area contributed by atoms with Gasteiger partial charge in [-0.2, -0.15) is 0 Å². The van der Waals surface area contributed by atoms with E-state index in [1.807, 2.05) is 32.9 Å². The fraction of sp³-hybridized carbons (Fsp3) is 0.579. The molecular weight excluding hydrogens is 400 g/mol. The molecule has 1 heterocycles. The number of rotatable bonds is 3. The van der Waals surface area contributed by atoms with Gasteiger partial charge in [0.2, 0.25) is 0 Å². The Bertz CT molecular complexity index is 672. The number of piperazine rings is 1. The standard InChI is InChI=1S/C19H27BrN2O4/c1-13-11-22(18(24)26-19(2,3)4)9-8-21(13)12-14-6-7-15(16(20)10-14)17(23)25-5/h6-7,10,13H,8-9,11-12H2,1-5H3/t13-/m0/s1. The Hall–Kier alpha value is -1.60. The minimum atomic E-state index is -0.481. The van der Waals surface area contributed by atoms with Crippen molar-refractivity contribution in [2.75, 3.05) is 26.7 Å². The SMILES string of the molecule is COC(=O)c1ccc(CN2CCN(C(=O)OC(C)(C)C)C[C@@H]2C)cc1Br. The van der Waals surface area contributed by atoms with E-state index in [0.717, 1.165) is 23.1 Å². The maximum atomic E-state index is 12.2. The van der Waals surface area contributed by atoms with Crippen LogP contribution < -0.4 is 0 Å². The summed E-state index contributed by atoms with van der Waals surface area (Å²) >= 11 is 3.44. The first-order chi connectivity index (χ1) is 12.1. The molecule has 1 aromatic carbocycles. The Morgan fingerprint density at radius 3 is 2.50 bits per heavy atom. The molecule has 1 atom stereocenters. The molecule has 1 amide bonds. The number of esters is 1. The molecule has 2 rings (SSSR count). The van der Waals surface area contributed by atoms with Crippen LogP contribution in [0.2, 0.25) is 0 Å². The molecule has 1 saturated heterocycles. The minimum absolute atomic E-state index is 0.218. The smallest absolute Gasteiger partial charge is 0.410 e. The lowest BCUT2D eigenvalue weighted by atomic mass is 10.1. The zero-order valence-electron chi connectivity index (χ0n) is 16.0. The normalized spacial score (nSPS) is 18.5. The second kappa shape index (κ2) is 8.39. The maximum Gasteiger partial charge on any atom is 0.410 e. The topological polar surface area (TPSA) is 59.1 Å². The first-order valence-corrected chi connectivity index (χ1v) is 9.48.